The molecule has 3 atom stereocenters. The number of rotatable bonds is 3. The van der Waals surface area contributed by atoms with Crippen LogP contribution in [0.5, 0.6) is 0 Å². The molecular weight excluding hydrogens is 244 g/mol. The fraction of sp³-hybridized carbons (Fsp3) is 0.643. The SMILES string of the molecule is CO[C@@H]1CCC[C@@H](N(C)C(=O)c2cccn2C)[C@H]1O. The number of ether oxygens (including phenoxy) is 1. The summed E-state index contributed by atoms with van der Waals surface area (Å²) >= 11 is 0. The molecule has 1 aliphatic carbocycles. The van der Waals surface area contributed by atoms with Gasteiger partial charge >= 0.3 is 0 Å². The molecule has 106 valence electrons. The largest absolute Gasteiger partial charge is 0.388 e. The Labute approximate surface area is 113 Å². The second kappa shape index (κ2) is 5.75. The first-order valence-electron chi connectivity index (χ1n) is 6.65. The number of hydrogen-bond acceptors (Lipinski definition) is 3. The van der Waals surface area contributed by atoms with E-state index < -0.39 is 6.10 Å². The molecule has 5 nitrogen and oxygen atoms in total. The zero-order valence-electron chi connectivity index (χ0n) is 11.7. The molecule has 0 aliphatic heterocycles. The molecule has 1 amide bonds. The molecule has 0 aromatic carbocycles. The number of methoxy groups -OCH3 is 1. The van der Waals surface area contributed by atoms with Crippen molar-refractivity contribution >= 4 is 5.91 Å². The summed E-state index contributed by atoms with van der Waals surface area (Å²) in [6.45, 7) is 0. The lowest BCUT2D eigenvalue weighted by Crippen LogP contribution is -2.52. The van der Waals surface area contributed by atoms with Gasteiger partial charge in [-0.25, -0.2) is 0 Å². The highest BCUT2D eigenvalue weighted by Gasteiger charge is 2.36. The molecule has 1 heterocycles. The minimum Gasteiger partial charge on any atom is -0.388 e. The third-order valence-corrected chi connectivity index (χ3v) is 4.05. The van der Waals surface area contributed by atoms with Crippen molar-refractivity contribution in [3.8, 4) is 0 Å². The predicted octanol–water partition coefficient (Wildman–Crippen LogP) is 1.03. The molecule has 1 N–H and O–H groups in total. The lowest BCUT2D eigenvalue weighted by molar-refractivity contribution is -0.0715. The molecule has 0 radical (unpaired) electrons. The Morgan fingerprint density at radius 2 is 2.26 bits per heavy atom. The van der Waals surface area contributed by atoms with Crippen LogP contribution in [0.25, 0.3) is 0 Å². The van der Waals surface area contributed by atoms with Gasteiger partial charge in [0, 0.05) is 27.4 Å². The van der Waals surface area contributed by atoms with Gasteiger partial charge in [-0.05, 0) is 31.4 Å². The Bertz CT molecular complexity index is 444. The van der Waals surface area contributed by atoms with Crippen molar-refractivity contribution in [3.63, 3.8) is 0 Å². The van der Waals surface area contributed by atoms with E-state index in [9.17, 15) is 9.90 Å². The Morgan fingerprint density at radius 1 is 1.53 bits per heavy atom. The third-order valence-electron chi connectivity index (χ3n) is 4.05. The maximum absolute atomic E-state index is 12.4. The van der Waals surface area contributed by atoms with E-state index in [4.69, 9.17) is 4.74 Å². The van der Waals surface area contributed by atoms with E-state index in [1.54, 1.807) is 29.7 Å². The van der Waals surface area contributed by atoms with E-state index in [1.807, 2.05) is 19.3 Å². The van der Waals surface area contributed by atoms with Crippen molar-refractivity contribution in [2.24, 2.45) is 7.05 Å². The lowest BCUT2D eigenvalue weighted by Gasteiger charge is -2.39. The Balaban J connectivity index is 2.12. The number of aryl methyl sites for hydroxylation is 1. The fourth-order valence-electron chi connectivity index (χ4n) is 2.81. The van der Waals surface area contributed by atoms with Crippen molar-refractivity contribution < 1.29 is 14.6 Å². The van der Waals surface area contributed by atoms with Crippen LogP contribution in [0.3, 0.4) is 0 Å². The summed E-state index contributed by atoms with van der Waals surface area (Å²) < 4.78 is 7.08. The number of carbonyl (C=O) groups excluding carboxylic acids is 1. The van der Waals surface area contributed by atoms with Crippen molar-refractivity contribution in [2.45, 2.75) is 37.5 Å². The van der Waals surface area contributed by atoms with E-state index in [-0.39, 0.29) is 18.1 Å². The van der Waals surface area contributed by atoms with Crippen LogP contribution >= 0.6 is 0 Å². The van der Waals surface area contributed by atoms with Crippen LogP contribution < -0.4 is 0 Å². The molecule has 2 rings (SSSR count). The highest BCUT2D eigenvalue weighted by atomic mass is 16.5. The van der Waals surface area contributed by atoms with E-state index in [0.29, 0.717) is 5.69 Å². The number of aromatic nitrogens is 1. The average Bonchev–Trinajstić information content (AvgIpc) is 2.83. The summed E-state index contributed by atoms with van der Waals surface area (Å²) in [6.07, 6.45) is 3.67. The maximum Gasteiger partial charge on any atom is 0.270 e. The van der Waals surface area contributed by atoms with Crippen LogP contribution in [0.4, 0.5) is 0 Å². The van der Waals surface area contributed by atoms with E-state index in [2.05, 4.69) is 0 Å². The molecule has 0 bridgehead atoms. The molecular formula is C14H22N2O3. The van der Waals surface area contributed by atoms with Gasteiger partial charge in [0.2, 0.25) is 0 Å². The first kappa shape index (κ1) is 14.1. The van der Waals surface area contributed by atoms with Crippen molar-refractivity contribution in [3.05, 3.63) is 24.0 Å². The maximum atomic E-state index is 12.4. The Morgan fingerprint density at radius 3 is 2.84 bits per heavy atom. The lowest BCUT2D eigenvalue weighted by atomic mass is 9.89. The molecule has 5 heteroatoms. The second-order valence-electron chi connectivity index (χ2n) is 5.18. The summed E-state index contributed by atoms with van der Waals surface area (Å²) in [5, 5.41) is 10.3. The molecule has 19 heavy (non-hydrogen) atoms. The first-order chi connectivity index (χ1) is 9.06. The standard InChI is InChI=1S/C14H22N2O3/c1-15-9-5-7-11(15)14(18)16(2)10-6-4-8-12(19-3)13(10)17/h5,7,9-10,12-13,17H,4,6,8H2,1-3H3/t10-,12-,13-/m1/s1. The summed E-state index contributed by atoms with van der Waals surface area (Å²) in [7, 11) is 5.20. The topological polar surface area (TPSA) is 54.7 Å². The molecule has 1 aromatic rings. The number of likely N-dealkylation sites (N-methyl/N-ethyl adjacent to an activating group) is 1. The number of nitrogens with zero attached hydrogens (tertiary/aromatic N) is 2. The molecule has 0 saturated heterocycles. The van der Waals surface area contributed by atoms with E-state index >= 15 is 0 Å². The minimum atomic E-state index is -0.618. The van der Waals surface area contributed by atoms with E-state index in [0.717, 1.165) is 19.3 Å². The van der Waals surface area contributed by atoms with Gasteiger partial charge in [0.1, 0.15) is 11.8 Å². The summed E-state index contributed by atoms with van der Waals surface area (Å²) in [4.78, 5) is 14.1. The Kier molecular flexibility index (Phi) is 4.27. The van der Waals surface area contributed by atoms with Crippen molar-refractivity contribution in [2.75, 3.05) is 14.2 Å². The summed E-state index contributed by atoms with van der Waals surface area (Å²) in [5.74, 6) is -0.0618. The van der Waals surface area contributed by atoms with Crippen LogP contribution in [0.2, 0.25) is 0 Å². The number of aliphatic hydroxyl groups is 1. The zero-order chi connectivity index (χ0) is 14.0. The van der Waals surface area contributed by atoms with Crippen LogP contribution in [0.1, 0.15) is 29.8 Å². The monoisotopic (exact) mass is 266 g/mol. The minimum absolute atomic E-state index is 0.0618. The van der Waals surface area contributed by atoms with Gasteiger partial charge in [-0.2, -0.15) is 0 Å². The molecule has 1 saturated carbocycles. The van der Waals surface area contributed by atoms with Gasteiger partial charge < -0.3 is 19.3 Å². The van der Waals surface area contributed by atoms with Crippen LogP contribution in [0, 0.1) is 0 Å². The molecule has 1 aliphatic rings. The van der Waals surface area contributed by atoms with Gasteiger partial charge in [0.15, 0.2) is 0 Å². The number of hydrogen-bond donors (Lipinski definition) is 1. The smallest absolute Gasteiger partial charge is 0.270 e. The van der Waals surface area contributed by atoms with Gasteiger partial charge in [-0.1, -0.05) is 0 Å². The quantitative estimate of drug-likeness (QED) is 0.889. The summed E-state index contributed by atoms with van der Waals surface area (Å²) in [5.41, 5.74) is 0.634. The van der Waals surface area contributed by atoms with Gasteiger partial charge in [-0.15, -0.1) is 0 Å². The normalized spacial score (nSPS) is 27.3. The molecule has 1 fully saturated rings. The highest BCUT2D eigenvalue weighted by molar-refractivity contribution is 5.92. The van der Waals surface area contributed by atoms with Gasteiger partial charge in [0.05, 0.1) is 12.1 Å². The first-order valence-corrected chi connectivity index (χ1v) is 6.65. The van der Waals surface area contributed by atoms with Gasteiger partial charge in [0.25, 0.3) is 5.91 Å². The van der Waals surface area contributed by atoms with Crippen molar-refractivity contribution in [1.82, 2.24) is 9.47 Å². The fourth-order valence-corrected chi connectivity index (χ4v) is 2.81. The second-order valence-corrected chi connectivity index (χ2v) is 5.18. The highest BCUT2D eigenvalue weighted by Crippen LogP contribution is 2.25. The zero-order valence-corrected chi connectivity index (χ0v) is 11.7. The van der Waals surface area contributed by atoms with Crippen molar-refractivity contribution in [1.29, 1.82) is 0 Å². The van der Waals surface area contributed by atoms with Crippen LogP contribution in [0.15, 0.2) is 18.3 Å². The molecule has 0 spiro atoms. The Hall–Kier alpha value is -1.33. The average molecular weight is 266 g/mol. The summed E-state index contributed by atoms with van der Waals surface area (Å²) in [6, 6.07) is 3.46. The van der Waals surface area contributed by atoms with Gasteiger partial charge in [-0.3, -0.25) is 4.79 Å². The third kappa shape index (κ3) is 2.67. The molecule has 0 unspecified atom stereocenters. The van der Waals surface area contributed by atoms with Crippen LogP contribution in [-0.2, 0) is 11.8 Å². The predicted molar refractivity (Wildman–Crippen MR) is 71.9 cm³/mol. The number of amides is 1. The number of aliphatic hydroxyl groups excluding tert-OH is 1. The van der Waals surface area contributed by atoms with Crippen LogP contribution in [-0.4, -0.2) is 52.9 Å². The van der Waals surface area contributed by atoms with E-state index in [1.165, 1.54) is 0 Å². The number of carbonyl (C=O) groups is 1. The molecule has 1 aromatic heterocycles.